The molecule has 0 aliphatic rings. The first-order chi connectivity index (χ1) is 11.8. The molecular weight excluding hydrogens is 330 g/mol. The number of carbonyl (C=O) groups is 2. The second kappa shape index (κ2) is 9.97. The predicted molar refractivity (Wildman–Crippen MR) is 89.3 cm³/mol. The smallest absolute Gasteiger partial charge is 0.311 e. The second-order valence-electron chi connectivity index (χ2n) is 5.17. The molecule has 132 valence electrons. The van der Waals surface area contributed by atoms with Crippen LogP contribution in [-0.4, -0.2) is 22.2 Å². The second-order valence-corrected chi connectivity index (χ2v) is 5.17. The maximum absolute atomic E-state index is 12.8. The Hall–Kier alpha value is -3.02. The van der Waals surface area contributed by atoms with Crippen LogP contribution in [0.15, 0.2) is 61.2 Å². The Morgan fingerprint density at radius 2 is 1.64 bits per heavy atom. The zero-order valence-corrected chi connectivity index (χ0v) is 13.4. The van der Waals surface area contributed by atoms with Gasteiger partial charge in [0.1, 0.15) is 11.6 Å². The molecule has 0 spiro atoms. The van der Waals surface area contributed by atoms with Gasteiger partial charge < -0.3 is 10.2 Å². The molecule has 25 heavy (non-hydrogen) atoms. The number of carboxylic acid groups (broad SMARTS) is 2. The lowest BCUT2D eigenvalue weighted by molar-refractivity contribution is -0.139. The first kappa shape index (κ1) is 20.0. The molecule has 0 heterocycles. The summed E-state index contributed by atoms with van der Waals surface area (Å²) in [5, 5.41) is 17.2. The van der Waals surface area contributed by atoms with E-state index in [-0.39, 0.29) is 6.42 Å². The highest BCUT2D eigenvalue weighted by atomic mass is 19.1. The number of aliphatic carboxylic acids is 2. The zero-order valence-electron chi connectivity index (χ0n) is 13.4. The fourth-order valence-electron chi connectivity index (χ4n) is 2.09. The van der Waals surface area contributed by atoms with Crippen molar-refractivity contribution in [1.82, 2.24) is 0 Å². The van der Waals surface area contributed by atoms with Gasteiger partial charge in [0.25, 0.3) is 0 Å². The van der Waals surface area contributed by atoms with Crippen molar-refractivity contribution in [3.05, 3.63) is 83.9 Å². The van der Waals surface area contributed by atoms with Crippen LogP contribution < -0.4 is 0 Å². The van der Waals surface area contributed by atoms with Crippen LogP contribution in [0.3, 0.4) is 0 Å². The van der Waals surface area contributed by atoms with Gasteiger partial charge in [-0.25, -0.2) is 8.78 Å². The predicted octanol–water partition coefficient (Wildman–Crippen LogP) is 4.02. The summed E-state index contributed by atoms with van der Waals surface area (Å²) in [5.41, 5.74) is 0.954. The summed E-state index contributed by atoms with van der Waals surface area (Å²) in [6.07, 6.45) is 1.69. The highest BCUT2D eigenvalue weighted by molar-refractivity contribution is 5.76. The minimum atomic E-state index is -0.963. The Kier molecular flexibility index (Phi) is 7.99. The van der Waals surface area contributed by atoms with Crippen LogP contribution in [0.1, 0.15) is 23.5 Å². The first-order valence-electron chi connectivity index (χ1n) is 7.39. The number of halogens is 2. The number of hydrogen-bond donors (Lipinski definition) is 2. The standard InChI is InChI=1S/C11H11FO2.C8H7FO2/c1-2-4-10(11(13)14)8-5-3-6-9(12)7-8;9-7-3-1-2-6(4-7)5-8(10)11/h2-3,5-7,10H,1,4H2,(H,13,14);1-4H,5H2,(H,10,11). The number of hydrogen-bond acceptors (Lipinski definition) is 2. The van der Waals surface area contributed by atoms with E-state index in [1.165, 1.54) is 42.5 Å². The monoisotopic (exact) mass is 348 g/mol. The quantitative estimate of drug-likeness (QED) is 0.773. The summed E-state index contributed by atoms with van der Waals surface area (Å²) in [6, 6.07) is 11.2. The van der Waals surface area contributed by atoms with Crippen molar-refractivity contribution in [2.75, 3.05) is 0 Å². The van der Waals surface area contributed by atoms with Gasteiger partial charge in [-0.2, -0.15) is 0 Å². The van der Waals surface area contributed by atoms with Gasteiger partial charge in [-0.3, -0.25) is 9.59 Å². The highest BCUT2D eigenvalue weighted by Crippen LogP contribution is 2.20. The Labute approximate surface area is 144 Å². The molecule has 0 amide bonds. The number of allylic oxidation sites excluding steroid dienone is 1. The van der Waals surface area contributed by atoms with E-state index >= 15 is 0 Å². The molecule has 2 aromatic rings. The van der Waals surface area contributed by atoms with Crippen molar-refractivity contribution in [2.45, 2.75) is 18.8 Å². The van der Waals surface area contributed by atoms with Crippen molar-refractivity contribution >= 4 is 11.9 Å². The van der Waals surface area contributed by atoms with Gasteiger partial charge in [0.15, 0.2) is 0 Å². The topological polar surface area (TPSA) is 74.6 Å². The molecule has 0 aliphatic carbocycles. The summed E-state index contributed by atoms with van der Waals surface area (Å²) < 4.78 is 25.2. The van der Waals surface area contributed by atoms with Crippen LogP contribution in [0, 0.1) is 11.6 Å². The lowest BCUT2D eigenvalue weighted by Gasteiger charge is -2.09. The van der Waals surface area contributed by atoms with Gasteiger partial charge in [-0.05, 0) is 41.8 Å². The van der Waals surface area contributed by atoms with Crippen molar-refractivity contribution in [2.24, 2.45) is 0 Å². The average Bonchev–Trinajstić information content (AvgIpc) is 2.52. The molecule has 0 saturated carbocycles. The van der Waals surface area contributed by atoms with E-state index in [1.807, 2.05) is 0 Å². The molecular formula is C19H18F2O4. The van der Waals surface area contributed by atoms with E-state index in [9.17, 15) is 18.4 Å². The van der Waals surface area contributed by atoms with E-state index in [4.69, 9.17) is 10.2 Å². The molecule has 0 aliphatic heterocycles. The van der Waals surface area contributed by atoms with Gasteiger partial charge in [0.05, 0.1) is 12.3 Å². The summed E-state index contributed by atoms with van der Waals surface area (Å²) in [5.74, 6) is -3.43. The van der Waals surface area contributed by atoms with Crippen LogP contribution in [0.25, 0.3) is 0 Å². The molecule has 6 heteroatoms. The SMILES string of the molecule is C=CCC(C(=O)O)c1cccc(F)c1.O=C(O)Cc1cccc(F)c1. The van der Waals surface area contributed by atoms with Gasteiger partial charge in [-0.1, -0.05) is 30.3 Å². The van der Waals surface area contributed by atoms with Crippen LogP contribution in [0.5, 0.6) is 0 Å². The molecule has 0 aromatic heterocycles. The van der Waals surface area contributed by atoms with E-state index in [2.05, 4.69) is 6.58 Å². The summed E-state index contributed by atoms with van der Waals surface area (Å²) in [4.78, 5) is 21.0. The molecule has 0 bridgehead atoms. The Morgan fingerprint density at radius 1 is 1.04 bits per heavy atom. The Bertz CT molecular complexity index is 744. The minimum absolute atomic E-state index is 0.127. The molecule has 0 fully saturated rings. The lowest BCUT2D eigenvalue weighted by Crippen LogP contribution is -2.10. The maximum atomic E-state index is 12.8. The van der Waals surface area contributed by atoms with E-state index in [1.54, 1.807) is 12.1 Å². The lowest BCUT2D eigenvalue weighted by atomic mass is 9.96. The fraction of sp³-hybridized carbons (Fsp3) is 0.158. The van der Waals surface area contributed by atoms with Crippen molar-refractivity contribution < 1.29 is 28.6 Å². The zero-order chi connectivity index (χ0) is 18.8. The number of benzene rings is 2. The first-order valence-corrected chi connectivity index (χ1v) is 7.39. The van der Waals surface area contributed by atoms with Crippen LogP contribution in [0.4, 0.5) is 8.78 Å². The minimum Gasteiger partial charge on any atom is -0.481 e. The summed E-state index contributed by atoms with van der Waals surface area (Å²) >= 11 is 0. The van der Waals surface area contributed by atoms with Crippen molar-refractivity contribution in [3.8, 4) is 0 Å². The van der Waals surface area contributed by atoms with Crippen LogP contribution in [-0.2, 0) is 16.0 Å². The van der Waals surface area contributed by atoms with Gasteiger partial charge >= 0.3 is 11.9 Å². The van der Waals surface area contributed by atoms with Gasteiger partial charge in [-0.15, -0.1) is 6.58 Å². The van der Waals surface area contributed by atoms with Crippen LogP contribution >= 0.6 is 0 Å². The van der Waals surface area contributed by atoms with E-state index < -0.39 is 29.5 Å². The Balaban J connectivity index is 0.000000257. The Morgan fingerprint density at radius 3 is 2.12 bits per heavy atom. The third-order valence-corrected chi connectivity index (χ3v) is 3.20. The highest BCUT2D eigenvalue weighted by Gasteiger charge is 2.18. The molecule has 1 atom stereocenters. The molecule has 2 rings (SSSR count). The third kappa shape index (κ3) is 7.39. The number of rotatable bonds is 6. The molecule has 1 unspecified atom stereocenters. The number of carboxylic acids is 2. The van der Waals surface area contributed by atoms with Gasteiger partial charge in [0, 0.05) is 0 Å². The molecule has 0 saturated heterocycles. The van der Waals surface area contributed by atoms with E-state index in [0.29, 0.717) is 17.5 Å². The maximum Gasteiger partial charge on any atom is 0.311 e. The molecule has 0 radical (unpaired) electrons. The van der Waals surface area contributed by atoms with E-state index in [0.717, 1.165) is 0 Å². The largest absolute Gasteiger partial charge is 0.481 e. The summed E-state index contributed by atoms with van der Waals surface area (Å²) in [6.45, 7) is 3.47. The molecule has 4 nitrogen and oxygen atoms in total. The average molecular weight is 348 g/mol. The summed E-state index contributed by atoms with van der Waals surface area (Å²) in [7, 11) is 0. The normalized spacial score (nSPS) is 11.0. The van der Waals surface area contributed by atoms with Crippen molar-refractivity contribution in [3.63, 3.8) is 0 Å². The van der Waals surface area contributed by atoms with Crippen molar-refractivity contribution in [1.29, 1.82) is 0 Å². The van der Waals surface area contributed by atoms with Gasteiger partial charge in [0.2, 0.25) is 0 Å². The van der Waals surface area contributed by atoms with Crippen LogP contribution in [0.2, 0.25) is 0 Å². The third-order valence-electron chi connectivity index (χ3n) is 3.20. The molecule has 2 N–H and O–H groups in total. The molecule has 2 aromatic carbocycles. The fourth-order valence-corrected chi connectivity index (χ4v) is 2.09.